The van der Waals surface area contributed by atoms with Gasteiger partial charge in [-0.15, -0.1) is 0 Å². The van der Waals surface area contributed by atoms with Gasteiger partial charge in [0, 0.05) is 5.70 Å². The number of carbonyl (C=O) groups is 1. The Balaban J connectivity index is 2.82. The lowest BCUT2D eigenvalue weighted by molar-refractivity contribution is -0.164. The van der Waals surface area contributed by atoms with E-state index < -0.39 is 18.1 Å². The van der Waals surface area contributed by atoms with Crippen molar-refractivity contribution in [3.63, 3.8) is 0 Å². The lowest BCUT2D eigenvalue weighted by Crippen LogP contribution is -2.37. The monoisotopic (exact) mass is 206 g/mol. The molecule has 78 valence electrons. The van der Waals surface area contributed by atoms with Crippen LogP contribution in [-0.4, -0.2) is 12.2 Å². The van der Waals surface area contributed by atoms with Gasteiger partial charge in [0.15, 0.2) is 0 Å². The summed E-state index contributed by atoms with van der Waals surface area (Å²) in [5.74, 6) is -1.67. The van der Waals surface area contributed by atoms with Crippen LogP contribution in [0.3, 0.4) is 0 Å². The van der Waals surface area contributed by atoms with Crippen LogP contribution in [0.5, 0.6) is 0 Å². The third-order valence-electron chi connectivity index (χ3n) is 1.82. The summed E-state index contributed by atoms with van der Waals surface area (Å²) in [4.78, 5) is 10.4. The van der Waals surface area contributed by atoms with E-state index in [1.54, 1.807) is 0 Å². The number of carbonyl (C=O) groups excluding carboxylic acids is 1. The molecular formula is C8H9F3N2O. The smallest absolute Gasteiger partial charge is 0.351 e. The van der Waals surface area contributed by atoms with Crippen LogP contribution in [0, 0.1) is 5.92 Å². The first kappa shape index (κ1) is 10.6. The van der Waals surface area contributed by atoms with Crippen molar-refractivity contribution in [3.05, 3.63) is 23.9 Å². The summed E-state index contributed by atoms with van der Waals surface area (Å²) in [6, 6.07) is -0.985. The molecule has 0 aliphatic heterocycles. The van der Waals surface area contributed by atoms with Crippen molar-refractivity contribution in [1.82, 2.24) is 5.32 Å². The molecule has 1 aliphatic carbocycles. The molecule has 3 nitrogen and oxygen atoms in total. The number of amides is 2. The molecule has 0 saturated heterocycles. The molecule has 1 unspecified atom stereocenters. The minimum Gasteiger partial charge on any atom is -0.351 e. The highest BCUT2D eigenvalue weighted by Gasteiger charge is 2.42. The fourth-order valence-corrected chi connectivity index (χ4v) is 1.21. The number of hydrogen-bond acceptors (Lipinski definition) is 1. The lowest BCUT2D eigenvalue weighted by atomic mass is 9.96. The SMILES string of the molecule is NC(=O)NC1=CC=CCC1C(F)(F)F. The zero-order chi connectivity index (χ0) is 10.8. The van der Waals surface area contributed by atoms with E-state index in [0.717, 1.165) is 0 Å². The molecule has 0 bridgehead atoms. The predicted molar refractivity (Wildman–Crippen MR) is 44.1 cm³/mol. The molecule has 0 fully saturated rings. The van der Waals surface area contributed by atoms with E-state index in [1.807, 2.05) is 5.32 Å². The number of rotatable bonds is 1. The first-order valence-electron chi connectivity index (χ1n) is 3.91. The summed E-state index contributed by atoms with van der Waals surface area (Å²) >= 11 is 0. The van der Waals surface area contributed by atoms with Gasteiger partial charge >= 0.3 is 12.2 Å². The Morgan fingerprint density at radius 2 is 2.21 bits per heavy atom. The van der Waals surface area contributed by atoms with E-state index >= 15 is 0 Å². The van der Waals surface area contributed by atoms with Gasteiger partial charge in [0.2, 0.25) is 0 Å². The first-order chi connectivity index (χ1) is 6.41. The highest BCUT2D eigenvalue weighted by atomic mass is 19.4. The third kappa shape index (κ3) is 2.51. The number of nitrogens with two attached hydrogens (primary N) is 1. The minimum absolute atomic E-state index is 0.171. The van der Waals surface area contributed by atoms with Crippen molar-refractivity contribution < 1.29 is 18.0 Å². The third-order valence-corrected chi connectivity index (χ3v) is 1.82. The van der Waals surface area contributed by atoms with Crippen molar-refractivity contribution >= 4 is 6.03 Å². The molecule has 0 radical (unpaired) electrons. The standard InChI is InChI=1S/C8H9F3N2O/c9-8(10,11)5-3-1-2-4-6(5)13-7(12)14/h1-2,4-5H,3H2,(H3,12,13,14). The zero-order valence-corrected chi connectivity index (χ0v) is 7.14. The van der Waals surface area contributed by atoms with Crippen molar-refractivity contribution in [2.75, 3.05) is 0 Å². The second-order valence-corrected chi connectivity index (χ2v) is 2.87. The Bertz CT molecular complexity index is 293. The summed E-state index contributed by atoms with van der Waals surface area (Å²) in [7, 11) is 0. The van der Waals surface area contributed by atoms with Gasteiger partial charge in [-0.3, -0.25) is 0 Å². The number of nitrogens with one attached hydrogen (secondary N) is 1. The summed E-state index contributed by atoms with van der Waals surface area (Å²) in [6.45, 7) is 0. The molecule has 0 heterocycles. The summed E-state index contributed by atoms with van der Waals surface area (Å²) in [5, 5.41) is 1.97. The molecule has 0 aromatic carbocycles. The number of alkyl halides is 3. The van der Waals surface area contributed by atoms with Gasteiger partial charge in [0.05, 0.1) is 5.92 Å². The maximum atomic E-state index is 12.4. The van der Waals surface area contributed by atoms with Gasteiger partial charge in [-0.25, -0.2) is 4.79 Å². The van der Waals surface area contributed by atoms with Crippen molar-refractivity contribution in [1.29, 1.82) is 0 Å². The van der Waals surface area contributed by atoms with E-state index in [2.05, 4.69) is 0 Å². The van der Waals surface area contributed by atoms with Gasteiger partial charge in [-0.1, -0.05) is 12.2 Å². The summed E-state index contributed by atoms with van der Waals surface area (Å²) in [6.07, 6.45) is -0.487. The van der Waals surface area contributed by atoms with E-state index in [9.17, 15) is 18.0 Å². The van der Waals surface area contributed by atoms with E-state index in [-0.39, 0.29) is 12.1 Å². The summed E-state index contributed by atoms with van der Waals surface area (Å²) in [5.41, 5.74) is 4.55. The zero-order valence-electron chi connectivity index (χ0n) is 7.14. The van der Waals surface area contributed by atoms with Crippen LogP contribution in [0.4, 0.5) is 18.0 Å². The molecule has 1 rings (SSSR count). The maximum Gasteiger partial charge on any atom is 0.397 e. The quantitative estimate of drug-likeness (QED) is 0.673. The van der Waals surface area contributed by atoms with Gasteiger partial charge < -0.3 is 11.1 Å². The molecule has 2 amide bonds. The Morgan fingerprint density at radius 1 is 1.57 bits per heavy atom. The Morgan fingerprint density at radius 3 is 2.71 bits per heavy atom. The number of urea groups is 1. The Kier molecular flexibility index (Phi) is 2.83. The summed E-state index contributed by atoms with van der Waals surface area (Å²) < 4.78 is 37.1. The van der Waals surface area contributed by atoms with Crippen LogP contribution in [0.15, 0.2) is 23.9 Å². The lowest BCUT2D eigenvalue weighted by Gasteiger charge is -2.23. The van der Waals surface area contributed by atoms with E-state index in [1.165, 1.54) is 18.2 Å². The number of primary amides is 1. The largest absolute Gasteiger partial charge is 0.397 e. The van der Waals surface area contributed by atoms with Crippen LogP contribution in [0.25, 0.3) is 0 Å². The number of hydrogen-bond donors (Lipinski definition) is 2. The minimum atomic E-state index is -4.36. The van der Waals surface area contributed by atoms with Crippen LogP contribution in [0.1, 0.15) is 6.42 Å². The molecule has 0 spiro atoms. The van der Waals surface area contributed by atoms with Gasteiger partial charge in [-0.05, 0) is 12.5 Å². The average Bonchev–Trinajstić information content (AvgIpc) is 2.01. The molecule has 14 heavy (non-hydrogen) atoms. The van der Waals surface area contributed by atoms with Crippen LogP contribution >= 0.6 is 0 Å². The second-order valence-electron chi connectivity index (χ2n) is 2.87. The molecule has 6 heteroatoms. The van der Waals surface area contributed by atoms with Crippen LogP contribution < -0.4 is 11.1 Å². The average molecular weight is 206 g/mol. The molecule has 1 atom stereocenters. The van der Waals surface area contributed by atoms with Gasteiger partial charge in [-0.2, -0.15) is 13.2 Å². The van der Waals surface area contributed by atoms with Crippen LogP contribution in [-0.2, 0) is 0 Å². The van der Waals surface area contributed by atoms with Crippen molar-refractivity contribution in [2.45, 2.75) is 12.6 Å². The van der Waals surface area contributed by atoms with E-state index in [4.69, 9.17) is 5.73 Å². The fraction of sp³-hybridized carbons (Fsp3) is 0.375. The Hall–Kier alpha value is -1.46. The van der Waals surface area contributed by atoms with Crippen molar-refractivity contribution in [2.24, 2.45) is 11.7 Å². The van der Waals surface area contributed by atoms with Crippen molar-refractivity contribution in [3.8, 4) is 0 Å². The normalized spacial score (nSPS) is 21.6. The first-order valence-corrected chi connectivity index (χ1v) is 3.91. The number of allylic oxidation sites excluding steroid dienone is 4. The molecule has 0 aromatic heterocycles. The maximum absolute atomic E-state index is 12.4. The Labute approximate surface area is 78.5 Å². The highest BCUT2D eigenvalue weighted by Crippen LogP contribution is 2.35. The highest BCUT2D eigenvalue weighted by molar-refractivity contribution is 5.74. The predicted octanol–water partition coefficient (Wildman–Crippen LogP) is 1.68. The van der Waals surface area contributed by atoms with Gasteiger partial charge in [0.1, 0.15) is 0 Å². The second kappa shape index (κ2) is 3.73. The fourth-order valence-electron chi connectivity index (χ4n) is 1.21. The number of halogens is 3. The van der Waals surface area contributed by atoms with Gasteiger partial charge in [0.25, 0.3) is 0 Å². The molecular weight excluding hydrogens is 197 g/mol. The molecule has 1 aliphatic rings. The topological polar surface area (TPSA) is 55.1 Å². The molecule has 0 aromatic rings. The van der Waals surface area contributed by atoms with E-state index in [0.29, 0.717) is 0 Å². The van der Waals surface area contributed by atoms with Crippen LogP contribution in [0.2, 0.25) is 0 Å². The molecule has 0 saturated carbocycles. The molecule has 3 N–H and O–H groups in total.